The van der Waals surface area contributed by atoms with E-state index in [2.05, 4.69) is 15.4 Å². The predicted octanol–water partition coefficient (Wildman–Crippen LogP) is 2.70. The van der Waals surface area contributed by atoms with Crippen molar-refractivity contribution in [2.75, 3.05) is 22.8 Å². The highest BCUT2D eigenvalue weighted by Gasteiger charge is 2.17. The van der Waals surface area contributed by atoms with Crippen LogP contribution >= 0.6 is 0 Å². The number of benzene rings is 2. The van der Waals surface area contributed by atoms with Crippen LogP contribution in [0.1, 0.15) is 34.6 Å². The molecular weight excluding hydrogens is 366 g/mol. The van der Waals surface area contributed by atoms with E-state index in [1.165, 1.54) is 12.1 Å². The Morgan fingerprint density at radius 3 is 1.96 bits per heavy atom. The Bertz CT molecular complexity index is 939. The van der Waals surface area contributed by atoms with Crippen LogP contribution in [0.4, 0.5) is 11.4 Å². The van der Waals surface area contributed by atoms with Crippen LogP contribution in [0.2, 0.25) is 0 Å². The average molecular weight is 389 g/mol. The molecule has 0 fully saturated rings. The molecule has 2 aromatic rings. The number of amides is 2. The van der Waals surface area contributed by atoms with Crippen molar-refractivity contribution in [1.82, 2.24) is 5.32 Å². The van der Waals surface area contributed by atoms with E-state index in [4.69, 9.17) is 0 Å². The fraction of sp³-hybridized carbons (Fsp3) is 0.263. The van der Waals surface area contributed by atoms with Gasteiger partial charge in [0.15, 0.2) is 0 Å². The summed E-state index contributed by atoms with van der Waals surface area (Å²) < 4.78 is 25.3. The van der Waals surface area contributed by atoms with Gasteiger partial charge in [-0.1, -0.05) is 38.1 Å². The molecule has 2 rings (SSSR count). The summed E-state index contributed by atoms with van der Waals surface area (Å²) in [7, 11) is -3.54. The summed E-state index contributed by atoms with van der Waals surface area (Å²) in [6, 6.07) is 12.9. The summed E-state index contributed by atoms with van der Waals surface area (Å²) in [5, 5.41) is 5.50. The van der Waals surface area contributed by atoms with Gasteiger partial charge in [-0.05, 0) is 30.2 Å². The van der Waals surface area contributed by atoms with Gasteiger partial charge < -0.3 is 10.6 Å². The van der Waals surface area contributed by atoms with Crippen molar-refractivity contribution in [2.24, 2.45) is 5.92 Å². The first-order chi connectivity index (χ1) is 12.7. The predicted molar refractivity (Wildman–Crippen MR) is 106 cm³/mol. The molecule has 0 heterocycles. The van der Waals surface area contributed by atoms with Crippen LogP contribution < -0.4 is 15.4 Å². The lowest BCUT2D eigenvalue weighted by atomic mass is 10.1. The average Bonchev–Trinajstić information content (AvgIpc) is 2.59. The molecule has 2 aromatic carbocycles. The third-order valence-electron chi connectivity index (χ3n) is 3.56. The SMILES string of the molecule is CC(C)CNC(=O)c1ccccc1NC(=O)c1ccccc1NS(C)(=O)=O. The Balaban J connectivity index is 2.26. The fourth-order valence-electron chi connectivity index (χ4n) is 2.34. The zero-order chi connectivity index (χ0) is 20.0. The molecule has 0 radical (unpaired) electrons. The van der Waals surface area contributed by atoms with E-state index in [0.29, 0.717) is 23.7 Å². The number of para-hydroxylation sites is 2. The zero-order valence-corrected chi connectivity index (χ0v) is 16.3. The van der Waals surface area contributed by atoms with Gasteiger partial charge in [-0.25, -0.2) is 8.42 Å². The highest BCUT2D eigenvalue weighted by atomic mass is 32.2. The molecule has 0 saturated heterocycles. The van der Waals surface area contributed by atoms with Gasteiger partial charge >= 0.3 is 0 Å². The molecule has 0 unspecified atom stereocenters. The lowest BCUT2D eigenvalue weighted by Crippen LogP contribution is -2.28. The van der Waals surface area contributed by atoms with Gasteiger partial charge in [-0.2, -0.15) is 0 Å². The van der Waals surface area contributed by atoms with E-state index in [1.54, 1.807) is 36.4 Å². The Morgan fingerprint density at radius 2 is 1.41 bits per heavy atom. The molecular formula is C19H23N3O4S. The number of hydrogen-bond donors (Lipinski definition) is 3. The van der Waals surface area contributed by atoms with Gasteiger partial charge in [-0.3, -0.25) is 14.3 Å². The molecule has 0 atom stereocenters. The minimum Gasteiger partial charge on any atom is -0.352 e. The molecule has 144 valence electrons. The largest absolute Gasteiger partial charge is 0.352 e. The van der Waals surface area contributed by atoms with Crippen molar-refractivity contribution in [3.05, 3.63) is 59.7 Å². The molecule has 0 aliphatic carbocycles. The molecule has 0 saturated carbocycles. The summed E-state index contributed by atoms with van der Waals surface area (Å²) in [5.41, 5.74) is 0.998. The lowest BCUT2D eigenvalue weighted by molar-refractivity contribution is 0.0950. The minimum atomic E-state index is -3.54. The molecule has 0 spiro atoms. The summed E-state index contributed by atoms with van der Waals surface area (Å²) in [6.45, 7) is 4.49. The number of nitrogens with one attached hydrogen (secondary N) is 3. The first kappa shape index (κ1) is 20.4. The third kappa shape index (κ3) is 6.10. The maximum atomic E-state index is 12.7. The minimum absolute atomic E-state index is 0.153. The summed E-state index contributed by atoms with van der Waals surface area (Å²) >= 11 is 0. The maximum absolute atomic E-state index is 12.7. The second-order valence-electron chi connectivity index (χ2n) is 6.52. The highest BCUT2D eigenvalue weighted by Crippen LogP contribution is 2.20. The molecule has 0 aromatic heterocycles. The van der Waals surface area contributed by atoms with Crippen molar-refractivity contribution in [3.8, 4) is 0 Å². The smallest absolute Gasteiger partial charge is 0.257 e. The van der Waals surface area contributed by atoms with Crippen LogP contribution in [0, 0.1) is 5.92 Å². The van der Waals surface area contributed by atoms with Crippen molar-refractivity contribution >= 4 is 33.2 Å². The topological polar surface area (TPSA) is 104 Å². The van der Waals surface area contributed by atoms with Gasteiger partial charge in [0.05, 0.1) is 28.8 Å². The molecule has 3 N–H and O–H groups in total. The second kappa shape index (κ2) is 8.68. The molecule has 7 nitrogen and oxygen atoms in total. The van der Waals surface area contributed by atoms with Crippen LogP contribution in [0.25, 0.3) is 0 Å². The number of hydrogen-bond acceptors (Lipinski definition) is 4. The van der Waals surface area contributed by atoms with Crippen LogP contribution in [0.3, 0.4) is 0 Å². The second-order valence-corrected chi connectivity index (χ2v) is 8.27. The van der Waals surface area contributed by atoms with E-state index in [9.17, 15) is 18.0 Å². The molecule has 0 bridgehead atoms. The van der Waals surface area contributed by atoms with Crippen LogP contribution in [0.5, 0.6) is 0 Å². The molecule has 0 aliphatic rings. The number of carbonyl (C=O) groups is 2. The van der Waals surface area contributed by atoms with Gasteiger partial charge in [0.25, 0.3) is 11.8 Å². The maximum Gasteiger partial charge on any atom is 0.257 e. The van der Waals surface area contributed by atoms with E-state index in [-0.39, 0.29) is 17.2 Å². The molecule has 0 aliphatic heterocycles. The monoisotopic (exact) mass is 389 g/mol. The van der Waals surface area contributed by atoms with Crippen molar-refractivity contribution in [2.45, 2.75) is 13.8 Å². The molecule has 27 heavy (non-hydrogen) atoms. The van der Waals surface area contributed by atoms with Crippen molar-refractivity contribution < 1.29 is 18.0 Å². The van der Waals surface area contributed by atoms with Crippen molar-refractivity contribution in [1.29, 1.82) is 0 Å². The van der Waals surface area contributed by atoms with Crippen LogP contribution in [0.15, 0.2) is 48.5 Å². The summed E-state index contributed by atoms with van der Waals surface area (Å²) in [6.07, 6.45) is 1.01. The first-order valence-electron chi connectivity index (χ1n) is 8.43. The fourth-order valence-corrected chi connectivity index (χ4v) is 2.92. The van der Waals surface area contributed by atoms with Crippen LogP contribution in [-0.2, 0) is 10.0 Å². The lowest BCUT2D eigenvalue weighted by Gasteiger charge is -2.14. The Labute approximate surface area is 159 Å². The number of carbonyl (C=O) groups excluding carboxylic acids is 2. The number of anilines is 2. The standard InChI is InChI=1S/C19H23N3O4S/c1-13(2)12-20-18(23)14-8-4-6-10-16(14)21-19(24)15-9-5-7-11-17(15)22-27(3,25)26/h4-11,13,22H,12H2,1-3H3,(H,20,23)(H,21,24). The summed E-state index contributed by atoms with van der Waals surface area (Å²) in [4.78, 5) is 25.1. The van der Waals surface area contributed by atoms with E-state index in [0.717, 1.165) is 6.26 Å². The van der Waals surface area contributed by atoms with Crippen molar-refractivity contribution in [3.63, 3.8) is 0 Å². The molecule has 2 amide bonds. The zero-order valence-electron chi connectivity index (χ0n) is 15.4. The first-order valence-corrected chi connectivity index (χ1v) is 10.3. The van der Waals surface area contributed by atoms with E-state index >= 15 is 0 Å². The Morgan fingerprint density at radius 1 is 0.889 bits per heavy atom. The summed E-state index contributed by atoms with van der Waals surface area (Å²) in [5.74, 6) is -0.516. The Kier molecular flexibility index (Phi) is 6.57. The van der Waals surface area contributed by atoms with Crippen LogP contribution in [-0.4, -0.2) is 33.0 Å². The van der Waals surface area contributed by atoms with Gasteiger partial charge in [0.1, 0.15) is 0 Å². The van der Waals surface area contributed by atoms with E-state index < -0.39 is 15.9 Å². The van der Waals surface area contributed by atoms with E-state index in [1.807, 2.05) is 13.8 Å². The highest BCUT2D eigenvalue weighted by molar-refractivity contribution is 7.92. The third-order valence-corrected chi connectivity index (χ3v) is 4.15. The molecule has 8 heteroatoms. The van der Waals surface area contributed by atoms with Gasteiger partial charge in [0, 0.05) is 6.54 Å². The van der Waals surface area contributed by atoms with Gasteiger partial charge in [-0.15, -0.1) is 0 Å². The number of rotatable bonds is 7. The number of sulfonamides is 1. The van der Waals surface area contributed by atoms with Gasteiger partial charge in [0.2, 0.25) is 10.0 Å². The Hall–Kier alpha value is -2.87. The normalized spacial score (nSPS) is 11.1. The quantitative estimate of drug-likeness (QED) is 0.677.